The first kappa shape index (κ1) is 49.8. The van der Waals surface area contributed by atoms with Crippen molar-refractivity contribution in [3.8, 4) is 0 Å². The van der Waals surface area contributed by atoms with E-state index < -0.39 is 18.2 Å². The van der Waals surface area contributed by atoms with Gasteiger partial charge in [0.1, 0.15) is 0 Å². The zero-order valence-corrected chi connectivity index (χ0v) is 34.2. The Bertz CT molecular complexity index is 754. The fourth-order valence-corrected chi connectivity index (χ4v) is 7.02. The SMILES string of the molecule is CCCCCCCCCCC/C=C\C/C=C\CCCCCCCCCCCC(O)CC(=O)NC(CO)C(O)CCCCCCCCCCCCC. The average Bonchev–Trinajstić information content (AvgIpc) is 3.12. The average molecular weight is 720 g/mol. The number of nitrogens with one attached hydrogen (secondary N) is 1. The third-order valence-corrected chi connectivity index (χ3v) is 10.5. The van der Waals surface area contributed by atoms with Crippen molar-refractivity contribution in [3.05, 3.63) is 24.3 Å². The highest BCUT2D eigenvalue weighted by Gasteiger charge is 2.21. The monoisotopic (exact) mass is 720 g/mol. The number of rotatable bonds is 41. The normalized spacial score (nSPS) is 13.7. The highest BCUT2D eigenvalue weighted by atomic mass is 16.3. The van der Waals surface area contributed by atoms with Crippen molar-refractivity contribution >= 4 is 5.91 Å². The van der Waals surface area contributed by atoms with E-state index in [1.165, 1.54) is 173 Å². The fourth-order valence-electron chi connectivity index (χ4n) is 7.02. The predicted octanol–water partition coefficient (Wildman–Crippen LogP) is 13.0. The van der Waals surface area contributed by atoms with E-state index in [-0.39, 0.29) is 18.9 Å². The Morgan fingerprint density at radius 2 is 0.843 bits per heavy atom. The number of hydrogen-bond donors (Lipinski definition) is 4. The van der Waals surface area contributed by atoms with Gasteiger partial charge in [0.2, 0.25) is 5.91 Å². The molecule has 0 spiro atoms. The van der Waals surface area contributed by atoms with E-state index in [4.69, 9.17) is 0 Å². The first-order valence-corrected chi connectivity index (χ1v) is 22.6. The molecule has 0 bridgehead atoms. The molecule has 51 heavy (non-hydrogen) atoms. The van der Waals surface area contributed by atoms with Crippen LogP contribution >= 0.6 is 0 Å². The topological polar surface area (TPSA) is 89.8 Å². The van der Waals surface area contributed by atoms with Crippen molar-refractivity contribution in [2.45, 2.75) is 257 Å². The summed E-state index contributed by atoms with van der Waals surface area (Å²) in [5, 5.41) is 33.3. The summed E-state index contributed by atoms with van der Waals surface area (Å²) in [7, 11) is 0. The molecule has 0 aromatic heterocycles. The van der Waals surface area contributed by atoms with Gasteiger partial charge in [-0.15, -0.1) is 0 Å². The summed E-state index contributed by atoms with van der Waals surface area (Å²) in [5.74, 6) is -0.286. The number of aliphatic hydroxyl groups excluding tert-OH is 3. The molecule has 0 radical (unpaired) electrons. The molecule has 0 saturated carbocycles. The van der Waals surface area contributed by atoms with Gasteiger partial charge in [0.15, 0.2) is 0 Å². The molecule has 3 atom stereocenters. The molecule has 4 N–H and O–H groups in total. The molecule has 5 nitrogen and oxygen atoms in total. The van der Waals surface area contributed by atoms with E-state index >= 15 is 0 Å². The second-order valence-corrected chi connectivity index (χ2v) is 15.7. The molecule has 0 fully saturated rings. The van der Waals surface area contributed by atoms with Crippen LogP contribution in [0.5, 0.6) is 0 Å². The second kappa shape index (κ2) is 41.6. The molecule has 0 aliphatic rings. The van der Waals surface area contributed by atoms with Crippen LogP contribution in [0.4, 0.5) is 0 Å². The summed E-state index contributed by atoms with van der Waals surface area (Å²) in [6, 6.07) is -0.657. The summed E-state index contributed by atoms with van der Waals surface area (Å²) in [6.45, 7) is 4.25. The summed E-state index contributed by atoms with van der Waals surface area (Å²) in [6.07, 6.45) is 50.1. The molecule has 0 aliphatic carbocycles. The van der Waals surface area contributed by atoms with Crippen LogP contribution < -0.4 is 5.32 Å². The van der Waals surface area contributed by atoms with E-state index in [0.717, 1.165) is 32.1 Å². The van der Waals surface area contributed by atoms with Gasteiger partial charge >= 0.3 is 0 Å². The minimum Gasteiger partial charge on any atom is -0.394 e. The van der Waals surface area contributed by atoms with Crippen molar-refractivity contribution in [3.63, 3.8) is 0 Å². The molecule has 0 aliphatic heterocycles. The van der Waals surface area contributed by atoms with Gasteiger partial charge in [-0.1, -0.05) is 212 Å². The molecule has 0 saturated heterocycles. The smallest absolute Gasteiger partial charge is 0.222 e. The van der Waals surface area contributed by atoms with Crippen LogP contribution in [0.1, 0.15) is 239 Å². The van der Waals surface area contributed by atoms with Crippen molar-refractivity contribution in [1.29, 1.82) is 0 Å². The van der Waals surface area contributed by atoms with Crippen molar-refractivity contribution in [2.24, 2.45) is 0 Å². The molecular formula is C46H89NO4. The van der Waals surface area contributed by atoms with E-state index in [0.29, 0.717) is 12.8 Å². The molecule has 3 unspecified atom stereocenters. The number of unbranched alkanes of at least 4 members (excludes halogenated alkanes) is 28. The Morgan fingerprint density at radius 3 is 1.24 bits per heavy atom. The Balaban J connectivity index is 3.57. The molecule has 302 valence electrons. The highest BCUT2D eigenvalue weighted by molar-refractivity contribution is 5.76. The van der Waals surface area contributed by atoms with Crippen molar-refractivity contribution in [2.75, 3.05) is 6.61 Å². The fraction of sp³-hybridized carbons (Fsp3) is 0.891. The van der Waals surface area contributed by atoms with Crippen molar-refractivity contribution in [1.82, 2.24) is 5.32 Å². The van der Waals surface area contributed by atoms with Gasteiger partial charge in [0, 0.05) is 0 Å². The Labute approximate surface area is 318 Å². The number of carbonyl (C=O) groups excluding carboxylic acids is 1. The van der Waals surface area contributed by atoms with Gasteiger partial charge in [0.25, 0.3) is 0 Å². The number of allylic oxidation sites excluding steroid dienone is 4. The summed E-state index contributed by atoms with van der Waals surface area (Å²) >= 11 is 0. The van der Waals surface area contributed by atoms with Gasteiger partial charge in [-0.3, -0.25) is 4.79 Å². The van der Waals surface area contributed by atoms with Crippen molar-refractivity contribution < 1.29 is 20.1 Å². The molecule has 0 aromatic carbocycles. The molecule has 1 amide bonds. The van der Waals surface area contributed by atoms with Crippen LogP contribution in [0.2, 0.25) is 0 Å². The van der Waals surface area contributed by atoms with E-state index in [9.17, 15) is 20.1 Å². The zero-order chi connectivity index (χ0) is 37.3. The Kier molecular flexibility index (Phi) is 40.6. The van der Waals surface area contributed by atoms with Crippen LogP contribution in [-0.2, 0) is 4.79 Å². The lowest BCUT2D eigenvalue weighted by molar-refractivity contribution is -0.125. The van der Waals surface area contributed by atoms with Crippen LogP contribution in [0.15, 0.2) is 24.3 Å². The van der Waals surface area contributed by atoms with E-state index in [2.05, 4.69) is 43.5 Å². The van der Waals surface area contributed by atoms with Crippen LogP contribution in [0, 0.1) is 0 Å². The molecule has 0 aromatic rings. The molecular weight excluding hydrogens is 631 g/mol. The van der Waals surface area contributed by atoms with Crippen LogP contribution in [0.3, 0.4) is 0 Å². The van der Waals surface area contributed by atoms with Gasteiger partial charge in [-0.05, 0) is 44.9 Å². The quantitative estimate of drug-likeness (QED) is 0.0374. The van der Waals surface area contributed by atoms with E-state index in [1.807, 2.05) is 0 Å². The number of aliphatic hydroxyl groups is 3. The lowest BCUT2D eigenvalue weighted by Gasteiger charge is -2.23. The van der Waals surface area contributed by atoms with Gasteiger partial charge in [-0.2, -0.15) is 0 Å². The first-order chi connectivity index (χ1) is 25.0. The van der Waals surface area contributed by atoms with Gasteiger partial charge in [0.05, 0.1) is 31.3 Å². The van der Waals surface area contributed by atoms with Crippen LogP contribution in [-0.4, -0.2) is 46.1 Å². The minimum atomic E-state index is -0.747. The predicted molar refractivity (Wildman–Crippen MR) is 222 cm³/mol. The summed E-state index contributed by atoms with van der Waals surface area (Å²) < 4.78 is 0. The maximum atomic E-state index is 12.4. The maximum absolute atomic E-state index is 12.4. The number of carbonyl (C=O) groups is 1. The summed E-state index contributed by atoms with van der Waals surface area (Å²) in [5.41, 5.74) is 0. The lowest BCUT2D eigenvalue weighted by atomic mass is 10.0. The Hall–Kier alpha value is -1.17. The second-order valence-electron chi connectivity index (χ2n) is 15.7. The standard InChI is InChI=1S/C46H89NO4/c1-3-5-7-9-11-13-15-16-17-18-19-20-21-22-23-24-25-26-27-28-30-31-33-35-37-39-43(49)41-46(51)47-44(42-48)45(50)40-38-36-34-32-29-14-12-10-8-6-4-2/h19-20,22-23,43-45,48-50H,3-18,21,24-42H2,1-2H3,(H,47,51)/b20-19-,23-22-. The Morgan fingerprint density at radius 1 is 0.490 bits per heavy atom. The highest BCUT2D eigenvalue weighted by Crippen LogP contribution is 2.16. The largest absolute Gasteiger partial charge is 0.394 e. The first-order valence-electron chi connectivity index (χ1n) is 22.6. The maximum Gasteiger partial charge on any atom is 0.222 e. The number of amides is 1. The van der Waals surface area contributed by atoms with Gasteiger partial charge in [-0.25, -0.2) is 0 Å². The lowest BCUT2D eigenvalue weighted by Crippen LogP contribution is -2.46. The molecule has 0 rings (SSSR count). The zero-order valence-electron chi connectivity index (χ0n) is 34.2. The molecule has 0 heterocycles. The third-order valence-electron chi connectivity index (χ3n) is 10.5. The van der Waals surface area contributed by atoms with Crippen LogP contribution in [0.25, 0.3) is 0 Å². The molecule has 5 heteroatoms. The van der Waals surface area contributed by atoms with E-state index in [1.54, 1.807) is 0 Å². The minimum absolute atomic E-state index is 0.0347. The number of hydrogen-bond acceptors (Lipinski definition) is 4. The van der Waals surface area contributed by atoms with Gasteiger partial charge < -0.3 is 20.6 Å². The summed E-state index contributed by atoms with van der Waals surface area (Å²) in [4.78, 5) is 12.4. The third kappa shape index (κ3) is 38.4.